The summed E-state index contributed by atoms with van der Waals surface area (Å²) in [4.78, 5) is 24.5. The van der Waals surface area contributed by atoms with Crippen LogP contribution >= 0.6 is 0 Å². The number of fused-ring (bicyclic) bond motifs is 1. The number of oxazole rings is 1. The molecule has 0 aliphatic heterocycles. The average molecular weight is 441 g/mol. The number of esters is 1. The molecular weight excluding hydrogens is 422 g/mol. The lowest BCUT2D eigenvalue weighted by molar-refractivity contribution is 0.0458. The summed E-state index contributed by atoms with van der Waals surface area (Å²) in [5.74, 6) is -1.76. The summed E-state index contributed by atoms with van der Waals surface area (Å²) in [6.07, 6.45) is 1.62. The minimum absolute atomic E-state index is 0.0242. The van der Waals surface area contributed by atoms with Gasteiger partial charge in [0.15, 0.2) is 15.4 Å². The fraction of sp³-hybridized carbons (Fsp3) is 0.182. The van der Waals surface area contributed by atoms with Crippen LogP contribution in [0.1, 0.15) is 22.5 Å². The average Bonchev–Trinajstić information content (AvgIpc) is 3.35. The fourth-order valence-electron chi connectivity index (χ4n) is 3.22. The number of nitrogens with zero attached hydrogens (tertiary/aromatic N) is 1. The predicted molar refractivity (Wildman–Crippen MR) is 111 cm³/mol. The highest BCUT2D eigenvalue weighted by atomic mass is 32.2. The second kappa shape index (κ2) is 8.65. The van der Waals surface area contributed by atoms with Gasteiger partial charge in [0, 0.05) is 12.1 Å². The van der Waals surface area contributed by atoms with E-state index in [-0.39, 0.29) is 28.6 Å². The topological polar surface area (TPSA) is 109 Å². The molecule has 160 valence electrons. The van der Waals surface area contributed by atoms with Crippen LogP contribution in [-0.2, 0) is 26.9 Å². The molecule has 2 aromatic heterocycles. The zero-order valence-corrected chi connectivity index (χ0v) is 17.2. The van der Waals surface area contributed by atoms with E-state index >= 15 is 0 Å². The van der Waals surface area contributed by atoms with Gasteiger partial charge < -0.3 is 13.6 Å². The van der Waals surface area contributed by atoms with Gasteiger partial charge >= 0.3 is 11.7 Å². The van der Waals surface area contributed by atoms with E-state index in [1.54, 1.807) is 42.5 Å². The first kappa shape index (κ1) is 20.7. The van der Waals surface area contributed by atoms with Crippen molar-refractivity contribution in [3.63, 3.8) is 0 Å². The standard InChI is InChI=1S/C22H19NO7S/c24-21(29-13-6-12-23-18-9-4-5-10-19(18)30-22(23)25)20-16(11-14-28-20)15-31(26,27)17-7-2-1-3-8-17/h1-5,7-11,14H,6,12-13,15H2. The lowest BCUT2D eigenvalue weighted by atomic mass is 10.3. The van der Waals surface area contributed by atoms with Crippen LogP contribution < -0.4 is 5.76 Å². The molecule has 2 heterocycles. The van der Waals surface area contributed by atoms with Gasteiger partial charge in [-0.3, -0.25) is 4.57 Å². The molecule has 9 heteroatoms. The van der Waals surface area contributed by atoms with Crippen molar-refractivity contribution in [3.8, 4) is 0 Å². The largest absolute Gasteiger partial charge is 0.460 e. The number of sulfone groups is 1. The number of furan rings is 1. The maximum Gasteiger partial charge on any atom is 0.419 e. The molecule has 2 aromatic carbocycles. The van der Waals surface area contributed by atoms with Crippen LogP contribution in [0.25, 0.3) is 11.1 Å². The number of hydrogen-bond acceptors (Lipinski definition) is 7. The van der Waals surface area contributed by atoms with E-state index in [9.17, 15) is 18.0 Å². The van der Waals surface area contributed by atoms with Crippen LogP contribution in [0, 0.1) is 0 Å². The SMILES string of the molecule is O=C(OCCCn1c(=O)oc2ccccc21)c1occc1CS(=O)(=O)c1ccccc1. The smallest absolute Gasteiger partial charge is 0.419 e. The van der Waals surface area contributed by atoms with E-state index in [1.165, 1.54) is 29.0 Å². The first-order chi connectivity index (χ1) is 15.0. The van der Waals surface area contributed by atoms with Gasteiger partial charge in [0.25, 0.3) is 0 Å². The van der Waals surface area contributed by atoms with Crippen LogP contribution in [0.2, 0.25) is 0 Å². The van der Waals surface area contributed by atoms with E-state index in [0.29, 0.717) is 24.1 Å². The Morgan fingerprint density at radius 1 is 1.00 bits per heavy atom. The molecule has 0 bridgehead atoms. The maximum absolute atomic E-state index is 12.6. The van der Waals surface area contributed by atoms with Crippen LogP contribution in [-0.4, -0.2) is 25.6 Å². The molecule has 0 N–H and O–H groups in total. The highest BCUT2D eigenvalue weighted by molar-refractivity contribution is 7.90. The van der Waals surface area contributed by atoms with Crippen molar-refractivity contribution in [2.24, 2.45) is 0 Å². The summed E-state index contributed by atoms with van der Waals surface area (Å²) in [7, 11) is -3.64. The molecule has 0 saturated heterocycles. The number of hydrogen-bond donors (Lipinski definition) is 0. The van der Waals surface area contributed by atoms with Crippen molar-refractivity contribution in [2.45, 2.75) is 23.6 Å². The fourth-order valence-corrected chi connectivity index (χ4v) is 4.60. The summed E-state index contributed by atoms with van der Waals surface area (Å²) in [5.41, 5.74) is 1.38. The van der Waals surface area contributed by atoms with E-state index in [1.807, 2.05) is 0 Å². The molecule has 0 spiro atoms. The van der Waals surface area contributed by atoms with Gasteiger partial charge in [-0.1, -0.05) is 30.3 Å². The molecule has 8 nitrogen and oxygen atoms in total. The third-order valence-electron chi connectivity index (χ3n) is 4.71. The number of benzene rings is 2. The monoisotopic (exact) mass is 441 g/mol. The Morgan fingerprint density at radius 3 is 2.55 bits per heavy atom. The quantitative estimate of drug-likeness (QED) is 0.304. The van der Waals surface area contributed by atoms with Crippen molar-refractivity contribution in [1.82, 2.24) is 4.57 Å². The normalized spacial score (nSPS) is 11.6. The summed E-state index contributed by atoms with van der Waals surface area (Å²) in [6, 6.07) is 16.5. The van der Waals surface area contributed by atoms with Crippen molar-refractivity contribution in [3.05, 3.63) is 88.8 Å². The van der Waals surface area contributed by atoms with Crippen LogP contribution in [0.15, 0.2) is 85.5 Å². The third kappa shape index (κ3) is 4.46. The van der Waals surface area contributed by atoms with Gasteiger partial charge in [-0.2, -0.15) is 0 Å². The Morgan fingerprint density at radius 2 is 1.74 bits per heavy atom. The van der Waals surface area contributed by atoms with Crippen molar-refractivity contribution in [1.29, 1.82) is 0 Å². The predicted octanol–water partition coefficient (Wildman–Crippen LogP) is 3.41. The third-order valence-corrected chi connectivity index (χ3v) is 6.39. The van der Waals surface area contributed by atoms with Crippen LogP contribution in [0.5, 0.6) is 0 Å². The molecule has 4 aromatic rings. The molecule has 0 fully saturated rings. The highest BCUT2D eigenvalue weighted by Crippen LogP contribution is 2.20. The van der Waals surface area contributed by atoms with Crippen molar-refractivity contribution in [2.75, 3.05) is 6.61 Å². The van der Waals surface area contributed by atoms with Crippen molar-refractivity contribution >= 4 is 26.9 Å². The minimum atomic E-state index is -3.64. The second-order valence-corrected chi connectivity index (χ2v) is 8.81. The Bertz CT molecular complexity index is 1360. The second-order valence-electron chi connectivity index (χ2n) is 6.82. The van der Waals surface area contributed by atoms with Gasteiger partial charge in [-0.05, 0) is 36.8 Å². The lowest BCUT2D eigenvalue weighted by Gasteiger charge is -2.06. The number of carbonyl (C=O) groups is 1. The molecule has 0 atom stereocenters. The summed E-state index contributed by atoms with van der Waals surface area (Å²) in [6.45, 7) is 0.326. The van der Waals surface area contributed by atoms with Crippen molar-refractivity contribution < 1.29 is 26.8 Å². The summed E-state index contributed by atoms with van der Waals surface area (Å²) in [5, 5.41) is 0. The molecule has 0 aliphatic rings. The number of carbonyl (C=O) groups excluding carboxylic acids is 1. The van der Waals surface area contributed by atoms with Gasteiger partial charge in [0.2, 0.25) is 5.76 Å². The van der Waals surface area contributed by atoms with E-state index in [4.69, 9.17) is 13.6 Å². The van der Waals surface area contributed by atoms with Crippen LogP contribution in [0.4, 0.5) is 0 Å². The van der Waals surface area contributed by atoms with E-state index < -0.39 is 21.6 Å². The molecule has 0 aliphatic carbocycles. The lowest BCUT2D eigenvalue weighted by Crippen LogP contribution is -2.16. The molecule has 0 unspecified atom stereocenters. The number of aryl methyl sites for hydroxylation is 1. The molecule has 0 amide bonds. The molecular formula is C22H19NO7S. The van der Waals surface area contributed by atoms with Gasteiger partial charge in [0.05, 0.1) is 29.0 Å². The highest BCUT2D eigenvalue weighted by Gasteiger charge is 2.23. The summed E-state index contributed by atoms with van der Waals surface area (Å²) < 4.78 is 42.2. The van der Waals surface area contributed by atoms with Gasteiger partial charge in [0.1, 0.15) is 0 Å². The van der Waals surface area contributed by atoms with Gasteiger partial charge in [-0.25, -0.2) is 18.0 Å². The van der Waals surface area contributed by atoms with Gasteiger partial charge in [-0.15, -0.1) is 0 Å². The first-order valence-corrected chi connectivity index (χ1v) is 11.2. The van der Waals surface area contributed by atoms with Crippen LogP contribution in [0.3, 0.4) is 0 Å². The Hall–Kier alpha value is -3.59. The Labute approximate surface area is 177 Å². The number of para-hydroxylation sites is 2. The Kier molecular flexibility index (Phi) is 5.77. The first-order valence-electron chi connectivity index (χ1n) is 9.55. The molecule has 4 rings (SSSR count). The maximum atomic E-state index is 12.6. The van der Waals surface area contributed by atoms with E-state index in [2.05, 4.69) is 0 Å². The molecule has 0 saturated carbocycles. The zero-order valence-electron chi connectivity index (χ0n) is 16.4. The number of rotatable bonds is 8. The zero-order chi connectivity index (χ0) is 21.8. The van der Waals surface area contributed by atoms with E-state index in [0.717, 1.165) is 0 Å². The summed E-state index contributed by atoms with van der Waals surface area (Å²) >= 11 is 0. The Balaban J connectivity index is 1.37. The minimum Gasteiger partial charge on any atom is -0.460 e. The number of aromatic nitrogens is 1. The molecule has 31 heavy (non-hydrogen) atoms. The molecule has 0 radical (unpaired) electrons. The number of ether oxygens (including phenoxy) is 1.